The van der Waals surface area contributed by atoms with Crippen molar-refractivity contribution in [3.05, 3.63) is 77.1 Å². The Morgan fingerprint density at radius 1 is 1.03 bits per heavy atom. The minimum absolute atomic E-state index is 0.0678. The highest BCUT2D eigenvalue weighted by Gasteiger charge is 2.12. The highest BCUT2D eigenvalue weighted by Crippen LogP contribution is 2.18. The number of anilines is 2. The fraction of sp³-hybridized carbons (Fsp3) is 0.182. The SMILES string of the molecule is COc1ccccc1CNc1nc(C)cc(C(=O)Nc2cccc(C(C)=O)c2)n1. The van der Waals surface area contributed by atoms with Crippen LogP contribution in [0.15, 0.2) is 54.6 Å². The van der Waals surface area contributed by atoms with Crippen molar-refractivity contribution in [3.63, 3.8) is 0 Å². The van der Waals surface area contributed by atoms with E-state index in [9.17, 15) is 9.59 Å². The van der Waals surface area contributed by atoms with E-state index < -0.39 is 0 Å². The smallest absolute Gasteiger partial charge is 0.274 e. The number of carbonyl (C=O) groups is 2. The van der Waals surface area contributed by atoms with Gasteiger partial charge in [0, 0.05) is 29.1 Å². The average Bonchev–Trinajstić information content (AvgIpc) is 2.72. The summed E-state index contributed by atoms with van der Waals surface area (Å²) in [6, 6.07) is 16.0. The van der Waals surface area contributed by atoms with Gasteiger partial charge < -0.3 is 15.4 Å². The second kappa shape index (κ2) is 8.97. The maximum Gasteiger partial charge on any atom is 0.274 e. The molecular formula is C22H22N4O3. The zero-order valence-corrected chi connectivity index (χ0v) is 16.5. The van der Waals surface area contributed by atoms with Crippen molar-refractivity contribution in [2.24, 2.45) is 0 Å². The van der Waals surface area contributed by atoms with E-state index in [0.717, 1.165) is 11.3 Å². The summed E-state index contributed by atoms with van der Waals surface area (Å²) in [4.78, 5) is 32.8. The van der Waals surface area contributed by atoms with Crippen LogP contribution in [0.1, 0.15) is 39.0 Å². The first-order chi connectivity index (χ1) is 14.0. The first-order valence-electron chi connectivity index (χ1n) is 9.10. The molecule has 3 aromatic rings. The molecule has 0 aliphatic heterocycles. The second-order valence-corrected chi connectivity index (χ2v) is 6.47. The lowest BCUT2D eigenvalue weighted by Gasteiger charge is -2.11. The number of benzene rings is 2. The largest absolute Gasteiger partial charge is 0.496 e. The lowest BCUT2D eigenvalue weighted by molar-refractivity contribution is 0.100. The number of aryl methyl sites for hydroxylation is 1. The molecule has 0 atom stereocenters. The van der Waals surface area contributed by atoms with Gasteiger partial charge in [-0.3, -0.25) is 9.59 Å². The highest BCUT2D eigenvalue weighted by atomic mass is 16.5. The van der Waals surface area contributed by atoms with Gasteiger partial charge in [0.1, 0.15) is 11.4 Å². The molecule has 29 heavy (non-hydrogen) atoms. The highest BCUT2D eigenvalue weighted by molar-refractivity contribution is 6.04. The van der Waals surface area contributed by atoms with Crippen molar-refractivity contribution in [1.29, 1.82) is 0 Å². The van der Waals surface area contributed by atoms with Crippen LogP contribution < -0.4 is 15.4 Å². The van der Waals surface area contributed by atoms with Crippen LogP contribution in [-0.2, 0) is 6.54 Å². The van der Waals surface area contributed by atoms with Gasteiger partial charge in [0.25, 0.3) is 5.91 Å². The van der Waals surface area contributed by atoms with Gasteiger partial charge in [0.2, 0.25) is 5.95 Å². The number of carbonyl (C=O) groups excluding carboxylic acids is 2. The number of methoxy groups -OCH3 is 1. The van der Waals surface area contributed by atoms with E-state index in [1.54, 1.807) is 44.4 Å². The molecular weight excluding hydrogens is 368 g/mol. The summed E-state index contributed by atoms with van der Waals surface area (Å²) >= 11 is 0. The van der Waals surface area contributed by atoms with E-state index in [1.807, 2.05) is 24.3 Å². The lowest BCUT2D eigenvalue weighted by atomic mass is 10.1. The molecule has 0 saturated heterocycles. The molecule has 1 aromatic heterocycles. The molecule has 3 rings (SSSR count). The zero-order chi connectivity index (χ0) is 20.8. The molecule has 148 valence electrons. The number of hydrogen-bond donors (Lipinski definition) is 2. The van der Waals surface area contributed by atoms with E-state index in [2.05, 4.69) is 20.6 Å². The van der Waals surface area contributed by atoms with Gasteiger partial charge >= 0.3 is 0 Å². The summed E-state index contributed by atoms with van der Waals surface area (Å²) < 4.78 is 5.34. The maximum atomic E-state index is 12.6. The van der Waals surface area contributed by atoms with Gasteiger partial charge in [0.15, 0.2) is 5.78 Å². The summed E-state index contributed by atoms with van der Waals surface area (Å²) in [6.45, 7) is 3.73. The van der Waals surface area contributed by atoms with Crippen LogP contribution in [0.25, 0.3) is 0 Å². The van der Waals surface area contributed by atoms with Crippen molar-refractivity contribution in [1.82, 2.24) is 9.97 Å². The molecule has 0 fully saturated rings. The molecule has 2 N–H and O–H groups in total. The van der Waals surface area contributed by atoms with Crippen molar-refractivity contribution in [2.45, 2.75) is 20.4 Å². The maximum absolute atomic E-state index is 12.6. The number of rotatable bonds is 7. The third-order valence-electron chi connectivity index (χ3n) is 4.24. The summed E-state index contributed by atoms with van der Waals surface area (Å²) in [6.07, 6.45) is 0. The van der Waals surface area contributed by atoms with Gasteiger partial charge in [-0.2, -0.15) is 0 Å². The Labute approximate surface area is 169 Å². The van der Waals surface area contributed by atoms with Crippen LogP contribution in [0.3, 0.4) is 0 Å². The van der Waals surface area contributed by atoms with Crippen LogP contribution in [0.4, 0.5) is 11.6 Å². The topological polar surface area (TPSA) is 93.2 Å². The Balaban J connectivity index is 1.75. The van der Waals surface area contributed by atoms with Crippen molar-refractivity contribution < 1.29 is 14.3 Å². The van der Waals surface area contributed by atoms with Gasteiger partial charge in [-0.25, -0.2) is 9.97 Å². The summed E-state index contributed by atoms with van der Waals surface area (Å²) in [5.74, 6) is 0.660. The van der Waals surface area contributed by atoms with Crippen LogP contribution in [0.5, 0.6) is 5.75 Å². The number of ether oxygens (including phenoxy) is 1. The molecule has 0 bridgehead atoms. The monoisotopic (exact) mass is 390 g/mol. The standard InChI is InChI=1S/C22H22N4O3/c1-14-11-19(21(28)25-18-9-6-8-16(12-18)15(2)27)26-22(24-14)23-13-17-7-4-5-10-20(17)29-3/h4-12H,13H2,1-3H3,(H,25,28)(H,23,24,26). The minimum atomic E-state index is -0.378. The van der Waals surface area contributed by atoms with E-state index in [0.29, 0.717) is 29.4 Å². The number of aromatic nitrogens is 2. The zero-order valence-electron chi connectivity index (χ0n) is 16.5. The molecule has 7 heteroatoms. The van der Waals surface area contributed by atoms with Gasteiger partial charge in [0.05, 0.1) is 7.11 Å². The van der Waals surface area contributed by atoms with Crippen LogP contribution >= 0.6 is 0 Å². The third-order valence-corrected chi connectivity index (χ3v) is 4.24. The minimum Gasteiger partial charge on any atom is -0.496 e. The first-order valence-corrected chi connectivity index (χ1v) is 9.10. The van der Waals surface area contributed by atoms with Crippen LogP contribution in [0.2, 0.25) is 0 Å². The predicted octanol–water partition coefficient (Wildman–Crippen LogP) is 3.86. The van der Waals surface area contributed by atoms with Crippen LogP contribution in [-0.4, -0.2) is 28.8 Å². The number of para-hydroxylation sites is 1. The predicted molar refractivity (Wildman–Crippen MR) is 111 cm³/mol. The van der Waals surface area contributed by atoms with Gasteiger partial charge in [-0.15, -0.1) is 0 Å². The molecule has 0 aliphatic rings. The number of ketones is 1. The number of Topliss-reactive ketones (excluding diaryl/α,β-unsaturated/α-hetero) is 1. The van der Waals surface area contributed by atoms with Crippen molar-refractivity contribution in [3.8, 4) is 5.75 Å². The second-order valence-electron chi connectivity index (χ2n) is 6.47. The molecule has 7 nitrogen and oxygen atoms in total. The molecule has 1 amide bonds. The lowest BCUT2D eigenvalue weighted by Crippen LogP contribution is -2.16. The van der Waals surface area contributed by atoms with E-state index >= 15 is 0 Å². The Morgan fingerprint density at radius 2 is 1.83 bits per heavy atom. The normalized spacial score (nSPS) is 10.3. The molecule has 2 aromatic carbocycles. The molecule has 0 saturated carbocycles. The van der Waals surface area contributed by atoms with Crippen molar-refractivity contribution >= 4 is 23.3 Å². The molecule has 0 aliphatic carbocycles. The molecule has 0 radical (unpaired) electrons. The Kier molecular flexibility index (Phi) is 6.19. The number of amides is 1. The van der Waals surface area contributed by atoms with Crippen LogP contribution in [0, 0.1) is 6.92 Å². The summed E-state index contributed by atoms with van der Waals surface area (Å²) in [5, 5.41) is 5.90. The van der Waals surface area contributed by atoms with E-state index in [4.69, 9.17) is 4.74 Å². The first kappa shape index (κ1) is 20.0. The fourth-order valence-corrected chi connectivity index (χ4v) is 2.80. The quantitative estimate of drug-likeness (QED) is 0.595. The summed E-state index contributed by atoms with van der Waals surface area (Å²) in [7, 11) is 1.62. The number of nitrogens with zero attached hydrogens (tertiary/aromatic N) is 2. The van der Waals surface area contributed by atoms with Gasteiger partial charge in [-0.05, 0) is 38.1 Å². The van der Waals surface area contributed by atoms with Gasteiger partial charge in [-0.1, -0.05) is 30.3 Å². The third kappa shape index (κ3) is 5.16. The number of nitrogens with one attached hydrogen (secondary N) is 2. The number of hydrogen-bond acceptors (Lipinski definition) is 6. The van der Waals surface area contributed by atoms with E-state index in [-0.39, 0.29) is 17.4 Å². The Hall–Kier alpha value is -3.74. The van der Waals surface area contributed by atoms with E-state index in [1.165, 1.54) is 6.92 Å². The molecule has 1 heterocycles. The fourth-order valence-electron chi connectivity index (χ4n) is 2.80. The molecule has 0 unspecified atom stereocenters. The summed E-state index contributed by atoms with van der Waals surface area (Å²) in [5.41, 5.74) is 2.90. The van der Waals surface area contributed by atoms with Crippen molar-refractivity contribution in [2.75, 3.05) is 17.7 Å². The Bertz CT molecular complexity index is 1050. The molecule has 0 spiro atoms. The average molecular weight is 390 g/mol. The Morgan fingerprint density at radius 3 is 2.59 bits per heavy atom.